The predicted molar refractivity (Wildman–Crippen MR) is 361 cm³/mol. The quantitative estimate of drug-likeness (QED) is 0.0261. The zero-order valence-corrected chi connectivity index (χ0v) is 52.4. The van der Waals surface area contributed by atoms with Crippen molar-refractivity contribution in [2.24, 2.45) is 0 Å². The number of esters is 3. The molecule has 1 atom stereocenters. The highest BCUT2D eigenvalue weighted by atomic mass is 16.6. The molecular weight excluding hydrogens is 1020 g/mol. The Balaban J connectivity index is 4.59. The molecule has 458 valence electrons. The van der Waals surface area contributed by atoms with Crippen molar-refractivity contribution in [3.8, 4) is 0 Å². The van der Waals surface area contributed by atoms with E-state index in [0.717, 1.165) is 167 Å². The molecule has 0 rings (SSSR count). The summed E-state index contributed by atoms with van der Waals surface area (Å²) >= 11 is 0. The highest BCUT2D eigenvalue weighted by molar-refractivity contribution is 5.71. The molecule has 0 aromatic carbocycles. The Bertz CT molecular complexity index is 2080. The first-order valence-electron chi connectivity index (χ1n) is 32.2. The van der Waals surface area contributed by atoms with Gasteiger partial charge < -0.3 is 14.2 Å². The maximum absolute atomic E-state index is 12.9. The monoisotopic (exact) mass is 1130 g/mol. The van der Waals surface area contributed by atoms with E-state index in [1.165, 1.54) is 6.42 Å². The molecule has 0 N–H and O–H groups in total. The van der Waals surface area contributed by atoms with Crippen LogP contribution >= 0.6 is 0 Å². The molecule has 0 spiro atoms. The molecule has 6 nitrogen and oxygen atoms in total. The van der Waals surface area contributed by atoms with Crippen molar-refractivity contribution in [1.82, 2.24) is 0 Å². The molecule has 0 aliphatic carbocycles. The van der Waals surface area contributed by atoms with Crippen LogP contribution in [-0.2, 0) is 28.6 Å². The van der Waals surface area contributed by atoms with Gasteiger partial charge in [-0.25, -0.2) is 0 Å². The number of hydrogen-bond acceptors (Lipinski definition) is 6. The van der Waals surface area contributed by atoms with Crippen molar-refractivity contribution >= 4 is 17.9 Å². The van der Waals surface area contributed by atoms with Crippen molar-refractivity contribution in [3.63, 3.8) is 0 Å². The molecule has 0 bridgehead atoms. The zero-order valence-electron chi connectivity index (χ0n) is 52.4. The molecule has 6 heteroatoms. The number of allylic oxidation sites excluding steroid dienone is 36. The minimum atomic E-state index is -0.854. The van der Waals surface area contributed by atoms with Gasteiger partial charge in [-0.15, -0.1) is 0 Å². The van der Waals surface area contributed by atoms with Crippen LogP contribution in [0.15, 0.2) is 219 Å². The molecule has 0 radical (unpaired) electrons. The summed E-state index contributed by atoms with van der Waals surface area (Å²) in [5.41, 5.74) is 0. The smallest absolute Gasteiger partial charge is 0.306 e. The molecule has 0 aromatic rings. The Kier molecular flexibility index (Phi) is 63.1. The molecule has 0 saturated heterocycles. The van der Waals surface area contributed by atoms with Crippen LogP contribution < -0.4 is 0 Å². The van der Waals surface area contributed by atoms with Gasteiger partial charge in [-0.1, -0.05) is 265 Å². The first-order chi connectivity index (χ1) is 41.0. The van der Waals surface area contributed by atoms with E-state index < -0.39 is 12.1 Å². The third-order valence-corrected chi connectivity index (χ3v) is 12.4. The molecule has 0 saturated carbocycles. The highest BCUT2D eigenvalue weighted by Crippen LogP contribution is 2.11. The molecule has 0 aromatic heterocycles. The Hall–Kier alpha value is -6.27. The molecular formula is C77H114O6. The first-order valence-corrected chi connectivity index (χ1v) is 32.2. The fourth-order valence-electron chi connectivity index (χ4n) is 7.70. The second-order valence-corrected chi connectivity index (χ2v) is 20.2. The van der Waals surface area contributed by atoms with E-state index in [0.29, 0.717) is 19.3 Å². The predicted octanol–water partition coefficient (Wildman–Crippen LogP) is 22.5. The van der Waals surface area contributed by atoms with Gasteiger partial charge in [0.05, 0.1) is 0 Å². The van der Waals surface area contributed by atoms with Crippen LogP contribution in [0, 0.1) is 0 Å². The van der Waals surface area contributed by atoms with Crippen molar-refractivity contribution in [3.05, 3.63) is 219 Å². The maximum Gasteiger partial charge on any atom is 0.306 e. The average Bonchev–Trinajstić information content (AvgIpc) is 3.49. The SMILES string of the molecule is CC/C=C\C/C=C\C/C=C\C/C=C\C/C=C\C/C=C\C/C=C\C/C=C\C/C=C\CCCC(=O)OCC(COC(=O)CCCCCCC/C=C\C/C=C\CCC)OC(=O)CCC/C=C\C/C=C\C/C=C\C/C=C\C/C=C\C/C=C\C/C=C\CC. The summed E-state index contributed by atoms with van der Waals surface area (Å²) in [6.07, 6.45) is 107. The minimum absolute atomic E-state index is 0.140. The molecule has 0 fully saturated rings. The molecule has 1 unspecified atom stereocenters. The van der Waals surface area contributed by atoms with E-state index in [1.54, 1.807) is 0 Å². The van der Waals surface area contributed by atoms with E-state index in [2.05, 4.69) is 240 Å². The normalized spacial score (nSPS) is 13.6. The van der Waals surface area contributed by atoms with Gasteiger partial charge in [0, 0.05) is 19.3 Å². The average molecular weight is 1140 g/mol. The van der Waals surface area contributed by atoms with E-state index in [9.17, 15) is 14.4 Å². The van der Waals surface area contributed by atoms with Gasteiger partial charge in [-0.3, -0.25) is 14.4 Å². The third-order valence-electron chi connectivity index (χ3n) is 12.4. The Morgan fingerprint density at radius 3 is 0.783 bits per heavy atom. The van der Waals surface area contributed by atoms with Gasteiger partial charge in [0.1, 0.15) is 13.2 Å². The van der Waals surface area contributed by atoms with Crippen molar-refractivity contribution in [1.29, 1.82) is 0 Å². The summed E-state index contributed by atoms with van der Waals surface area (Å²) in [5.74, 6) is -1.09. The second-order valence-electron chi connectivity index (χ2n) is 20.2. The molecule has 83 heavy (non-hydrogen) atoms. The van der Waals surface area contributed by atoms with Gasteiger partial charge >= 0.3 is 17.9 Å². The molecule has 0 amide bonds. The summed E-state index contributed by atoms with van der Waals surface area (Å²) in [6.45, 7) is 6.21. The van der Waals surface area contributed by atoms with Crippen molar-refractivity contribution < 1.29 is 28.6 Å². The number of carbonyl (C=O) groups is 3. The summed E-state index contributed by atoms with van der Waals surface area (Å²) < 4.78 is 16.8. The molecule has 0 aliphatic heterocycles. The Morgan fingerprint density at radius 1 is 0.253 bits per heavy atom. The fraction of sp³-hybridized carbons (Fsp3) is 0.494. The second kappa shape index (κ2) is 68.2. The van der Waals surface area contributed by atoms with Crippen LogP contribution in [0.2, 0.25) is 0 Å². The van der Waals surface area contributed by atoms with E-state index in [4.69, 9.17) is 14.2 Å². The largest absolute Gasteiger partial charge is 0.462 e. The molecule has 0 aliphatic rings. The summed E-state index contributed by atoms with van der Waals surface area (Å²) in [5, 5.41) is 0. The standard InChI is InChI=1S/C77H114O6/c1-4-7-10-13-16-19-22-25-27-29-31-33-35-36-37-38-39-40-42-43-45-47-49-52-55-58-61-64-67-70-76(79)82-73-74(72-81-75(78)69-66-63-60-57-54-51-24-21-18-15-12-9-6-3)83-77(80)71-68-65-62-59-56-53-50-48-46-44-41-34-32-30-28-26-23-20-17-14-11-8-5-2/h7-8,10-12,15-17,19-21,24-28,31-34,36-37,39-40,43-46,49-50,52-53,58-59,61-62,74H,4-6,9,13-14,18,22-23,29-30,35,38,41-42,47-48,51,54-57,60,63-73H2,1-3H3/b10-7-,11-8-,15-12-,19-16-,20-17-,24-21-,27-25-,28-26-,33-31-,34-32-,37-36-,40-39-,45-43-,46-44-,52-49-,53-50-,61-58-,62-59-. The van der Waals surface area contributed by atoms with Crippen LogP contribution in [-0.4, -0.2) is 37.2 Å². The number of ether oxygens (including phenoxy) is 3. The van der Waals surface area contributed by atoms with E-state index in [-0.39, 0.29) is 38.0 Å². The van der Waals surface area contributed by atoms with Crippen LogP contribution in [0.5, 0.6) is 0 Å². The van der Waals surface area contributed by atoms with E-state index in [1.807, 2.05) is 0 Å². The number of hydrogen-bond donors (Lipinski definition) is 0. The van der Waals surface area contributed by atoms with Crippen LogP contribution in [0.25, 0.3) is 0 Å². The fourth-order valence-corrected chi connectivity index (χ4v) is 7.70. The lowest BCUT2D eigenvalue weighted by Gasteiger charge is -2.18. The lowest BCUT2D eigenvalue weighted by molar-refractivity contribution is -0.167. The molecule has 0 heterocycles. The lowest BCUT2D eigenvalue weighted by atomic mass is 10.1. The zero-order chi connectivity index (χ0) is 59.9. The minimum Gasteiger partial charge on any atom is -0.462 e. The van der Waals surface area contributed by atoms with Gasteiger partial charge in [0.25, 0.3) is 0 Å². The topological polar surface area (TPSA) is 78.9 Å². The summed E-state index contributed by atoms with van der Waals surface area (Å²) in [7, 11) is 0. The van der Waals surface area contributed by atoms with Crippen LogP contribution in [0.4, 0.5) is 0 Å². The van der Waals surface area contributed by atoms with Crippen LogP contribution in [0.1, 0.15) is 226 Å². The van der Waals surface area contributed by atoms with Gasteiger partial charge in [-0.2, -0.15) is 0 Å². The van der Waals surface area contributed by atoms with Gasteiger partial charge in [0.2, 0.25) is 0 Å². The van der Waals surface area contributed by atoms with Crippen LogP contribution in [0.3, 0.4) is 0 Å². The third kappa shape index (κ3) is 66.4. The maximum atomic E-state index is 12.9. The first kappa shape index (κ1) is 76.7. The highest BCUT2D eigenvalue weighted by Gasteiger charge is 2.19. The summed E-state index contributed by atoms with van der Waals surface area (Å²) in [6, 6.07) is 0. The lowest BCUT2D eigenvalue weighted by Crippen LogP contribution is -2.30. The number of rotatable bonds is 55. The van der Waals surface area contributed by atoms with E-state index >= 15 is 0 Å². The number of unbranched alkanes of at least 4 members (excludes halogenated alkanes) is 8. The Labute approximate surface area is 508 Å². The Morgan fingerprint density at radius 2 is 0.482 bits per heavy atom. The van der Waals surface area contributed by atoms with Gasteiger partial charge in [-0.05, 0) is 161 Å². The summed E-state index contributed by atoms with van der Waals surface area (Å²) in [4.78, 5) is 38.3. The van der Waals surface area contributed by atoms with Gasteiger partial charge in [0.15, 0.2) is 6.10 Å². The van der Waals surface area contributed by atoms with Crippen molar-refractivity contribution in [2.45, 2.75) is 232 Å². The number of carbonyl (C=O) groups excluding carboxylic acids is 3. The van der Waals surface area contributed by atoms with Crippen molar-refractivity contribution in [2.75, 3.05) is 13.2 Å².